The van der Waals surface area contributed by atoms with Crippen molar-refractivity contribution < 1.29 is 4.43 Å². The van der Waals surface area contributed by atoms with Crippen molar-refractivity contribution in [1.29, 1.82) is 0 Å². The lowest BCUT2D eigenvalue weighted by atomic mass is 10.1. The van der Waals surface area contributed by atoms with Crippen molar-refractivity contribution in [3.63, 3.8) is 0 Å². The molecule has 1 heterocycles. The Morgan fingerprint density at radius 3 is 2.55 bits per heavy atom. The fourth-order valence-corrected chi connectivity index (χ4v) is 3.10. The van der Waals surface area contributed by atoms with Gasteiger partial charge in [-0.2, -0.15) is 0 Å². The monoisotopic (exact) mass is 351 g/mol. The molecule has 1 aromatic heterocycles. The summed E-state index contributed by atoms with van der Waals surface area (Å²) in [5.74, 6) is 0. The van der Waals surface area contributed by atoms with Crippen LogP contribution < -0.4 is 0 Å². The first-order valence-corrected chi connectivity index (χ1v) is 10.6. The molecule has 0 N–H and O–H groups in total. The fraction of sp³-hybridized carbons (Fsp3) is 0.438. The highest BCUT2D eigenvalue weighted by Gasteiger charge is 2.37. The molecule has 0 aliphatic heterocycles. The van der Waals surface area contributed by atoms with Gasteiger partial charge in [0.2, 0.25) is 0 Å². The second-order valence-electron chi connectivity index (χ2n) is 6.67. The summed E-state index contributed by atoms with van der Waals surface area (Å²) in [6.07, 6.45) is 1.86. The molecule has 0 atom stereocenters. The van der Waals surface area contributed by atoms with Crippen molar-refractivity contribution in [2.75, 3.05) is 0 Å². The summed E-state index contributed by atoms with van der Waals surface area (Å²) in [5, 5.41) is 2.60. The lowest BCUT2D eigenvalue weighted by molar-refractivity contribution is 0.273. The van der Waals surface area contributed by atoms with Crippen LogP contribution in [0.15, 0.2) is 34.9 Å². The normalized spacial score (nSPS) is 12.9. The standard InChI is InChI=1S/C16H22BrNOSi/c1-16(2,3)20(4,5)19-11-15-14-7-6-13(17)10-12(14)8-9-18-15/h6-10H,11H2,1-5H3. The molecular weight excluding hydrogens is 330 g/mol. The summed E-state index contributed by atoms with van der Waals surface area (Å²) < 4.78 is 7.37. The smallest absolute Gasteiger partial charge is 0.192 e. The molecule has 0 saturated carbocycles. The van der Waals surface area contributed by atoms with Gasteiger partial charge in [0.15, 0.2) is 8.32 Å². The van der Waals surface area contributed by atoms with Crippen LogP contribution in [0.25, 0.3) is 10.8 Å². The third-order valence-corrected chi connectivity index (χ3v) is 9.16. The molecule has 0 fully saturated rings. The van der Waals surface area contributed by atoms with E-state index in [4.69, 9.17) is 4.43 Å². The lowest BCUT2D eigenvalue weighted by Gasteiger charge is -2.36. The van der Waals surface area contributed by atoms with Crippen molar-refractivity contribution in [1.82, 2.24) is 4.98 Å². The molecule has 0 saturated heterocycles. The van der Waals surface area contributed by atoms with E-state index in [2.05, 4.69) is 73.0 Å². The van der Waals surface area contributed by atoms with Crippen molar-refractivity contribution >= 4 is 35.0 Å². The quantitative estimate of drug-likeness (QED) is 0.679. The van der Waals surface area contributed by atoms with Crippen molar-refractivity contribution in [3.05, 3.63) is 40.6 Å². The van der Waals surface area contributed by atoms with Crippen LogP contribution in [-0.2, 0) is 11.0 Å². The lowest BCUT2D eigenvalue weighted by Crippen LogP contribution is -2.40. The number of rotatable bonds is 3. The minimum atomic E-state index is -1.74. The van der Waals surface area contributed by atoms with E-state index in [0.29, 0.717) is 6.61 Å². The van der Waals surface area contributed by atoms with Crippen LogP contribution in [-0.4, -0.2) is 13.3 Å². The Kier molecular flexibility index (Phi) is 4.37. The Morgan fingerprint density at radius 2 is 1.90 bits per heavy atom. The molecule has 0 aliphatic rings. The highest BCUT2D eigenvalue weighted by atomic mass is 79.9. The van der Waals surface area contributed by atoms with Gasteiger partial charge in [-0.3, -0.25) is 4.98 Å². The molecule has 20 heavy (non-hydrogen) atoms. The second kappa shape index (κ2) is 5.58. The first-order valence-electron chi connectivity index (χ1n) is 6.88. The van der Waals surface area contributed by atoms with Crippen molar-refractivity contribution in [3.8, 4) is 0 Å². The molecule has 2 rings (SSSR count). The Bertz CT molecular complexity index is 619. The van der Waals surface area contributed by atoms with Gasteiger partial charge in [-0.25, -0.2) is 0 Å². The van der Waals surface area contributed by atoms with E-state index >= 15 is 0 Å². The van der Waals surface area contributed by atoms with E-state index in [1.54, 1.807) is 0 Å². The summed E-state index contributed by atoms with van der Waals surface area (Å²) in [5.41, 5.74) is 1.03. The van der Waals surface area contributed by atoms with Crippen LogP contribution in [0.3, 0.4) is 0 Å². The minimum Gasteiger partial charge on any atom is -0.411 e. The topological polar surface area (TPSA) is 22.1 Å². The maximum atomic E-state index is 6.28. The van der Waals surface area contributed by atoms with Crippen molar-refractivity contribution in [2.24, 2.45) is 0 Å². The van der Waals surface area contributed by atoms with Gasteiger partial charge < -0.3 is 4.43 Å². The minimum absolute atomic E-state index is 0.223. The van der Waals surface area contributed by atoms with Crippen LogP contribution in [0.5, 0.6) is 0 Å². The van der Waals surface area contributed by atoms with Crippen LogP contribution in [0.4, 0.5) is 0 Å². The molecule has 0 radical (unpaired) electrons. The molecule has 0 aliphatic carbocycles. The van der Waals surface area contributed by atoms with Crippen molar-refractivity contribution in [2.45, 2.75) is 45.5 Å². The Balaban J connectivity index is 2.27. The molecule has 108 valence electrons. The van der Waals surface area contributed by atoms with Gasteiger partial charge in [0.05, 0.1) is 12.3 Å². The molecule has 4 heteroatoms. The van der Waals surface area contributed by atoms with Gasteiger partial charge in [-0.1, -0.05) is 42.8 Å². The van der Waals surface area contributed by atoms with Crippen LogP contribution in [0.1, 0.15) is 26.5 Å². The zero-order chi connectivity index (χ0) is 15.0. The third-order valence-electron chi connectivity index (χ3n) is 4.18. The number of hydrogen-bond donors (Lipinski definition) is 0. The first kappa shape index (κ1) is 15.7. The van der Waals surface area contributed by atoms with Crippen LogP contribution >= 0.6 is 15.9 Å². The largest absolute Gasteiger partial charge is 0.411 e. The van der Waals surface area contributed by atoms with E-state index in [1.807, 2.05) is 12.3 Å². The molecule has 1 aromatic carbocycles. The maximum Gasteiger partial charge on any atom is 0.192 e. The summed E-state index contributed by atoms with van der Waals surface area (Å²) >= 11 is 3.51. The zero-order valence-corrected chi connectivity index (χ0v) is 15.4. The average molecular weight is 352 g/mol. The SMILES string of the molecule is CC(C)(C)[Si](C)(C)OCc1nccc2cc(Br)ccc12. The molecule has 0 unspecified atom stereocenters. The van der Waals surface area contributed by atoms with Gasteiger partial charge in [-0.15, -0.1) is 0 Å². The first-order chi connectivity index (χ1) is 9.21. The van der Waals surface area contributed by atoms with E-state index < -0.39 is 8.32 Å². The molecule has 0 amide bonds. The average Bonchev–Trinajstić information content (AvgIpc) is 2.34. The molecular formula is C16H22BrNOSi. The van der Waals surface area contributed by atoms with Crippen LogP contribution in [0, 0.1) is 0 Å². The van der Waals surface area contributed by atoms with E-state index in [0.717, 1.165) is 10.2 Å². The Morgan fingerprint density at radius 1 is 1.20 bits per heavy atom. The predicted octanol–water partition coefficient (Wildman–Crippen LogP) is 5.52. The summed E-state index contributed by atoms with van der Waals surface area (Å²) in [6.45, 7) is 11.9. The zero-order valence-electron chi connectivity index (χ0n) is 12.8. The van der Waals surface area contributed by atoms with Gasteiger partial charge in [0.1, 0.15) is 0 Å². The van der Waals surface area contributed by atoms with Gasteiger partial charge >= 0.3 is 0 Å². The van der Waals surface area contributed by atoms with E-state index in [1.165, 1.54) is 10.8 Å². The summed E-state index contributed by atoms with van der Waals surface area (Å²) in [6, 6.07) is 8.32. The van der Waals surface area contributed by atoms with Crippen LogP contribution in [0.2, 0.25) is 18.1 Å². The number of fused-ring (bicyclic) bond motifs is 1. The maximum absolute atomic E-state index is 6.28. The number of nitrogens with zero attached hydrogens (tertiary/aromatic N) is 1. The fourth-order valence-electron chi connectivity index (χ4n) is 1.79. The Labute approximate surface area is 130 Å². The third kappa shape index (κ3) is 3.30. The second-order valence-corrected chi connectivity index (χ2v) is 12.4. The summed E-state index contributed by atoms with van der Waals surface area (Å²) in [4.78, 5) is 4.50. The van der Waals surface area contributed by atoms with E-state index in [9.17, 15) is 0 Å². The Hall–Kier alpha value is -0.713. The number of aromatic nitrogens is 1. The highest BCUT2D eigenvalue weighted by Crippen LogP contribution is 2.37. The number of hydrogen-bond acceptors (Lipinski definition) is 2. The van der Waals surface area contributed by atoms with Gasteiger partial charge in [0, 0.05) is 16.1 Å². The summed E-state index contributed by atoms with van der Waals surface area (Å²) in [7, 11) is -1.74. The number of halogens is 1. The van der Waals surface area contributed by atoms with E-state index in [-0.39, 0.29) is 5.04 Å². The predicted molar refractivity (Wildman–Crippen MR) is 91.4 cm³/mol. The number of benzene rings is 1. The molecule has 2 aromatic rings. The number of pyridine rings is 1. The highest BCUT2D eigenvalue weighted by molar-refractivity contribution is 9.10. The van der Waals surface area contributed by atoms with Gasteiger partial charge in [-0.05, 0) is 41.7 Å². The molecule has 2 nitrogen and oxygen atoms in total. The molecule has 0 bridgehead atoms. The van der Waals surface area contributed by atoms with Gasteiger partial charge in [0.25, 0.3) is 0 Å². The molecule has 0 spiro atoms.